The summed E-state index contributed by atoms with van der Waals surface area (Å²) in [5.74, 6) is 2.42. The van der Waals surface area contributed by atoms with Gasteiger partial charge in [-0.05, 0) is 17.7 Å². The Bertz CT molecular complexity index is 597. The molecule has 0 bridgehead atoms. The maximum atomic E-state index is 5.81. The number of halogens is 1. The molecule has 6 nitrogen and oxygen atoms in total. The van der Waals surface area contributed by atoms with Crippen LogP contribution in [0.3, 0.4) is 0 Å². The van der Waals surface area contributed by atoms with Crippen LogP contribution in [-0.4, -0.2) is 31.3 Å². The van der Waals surface area contributed by atoms with Gasteiger partial charge in [0.15, 0.2) is 11.5 Å². The van der Waals surface area contributed by atoms with E-state index in [9.17, 15) is 0 Å². The second-order valence-corrected chi connectivity index (χ2v) is 4.50. The fourth-order valence-electron chi connectivity index (χ4n) is 1.86. The average molecular weight is 310 g/mol. The highest BCUT2D eigenvalue weighted by Crippen LogP contribution is 2.38. The number of hydrogen-bond acceptors (Lipinski definition) is 6. The minimum absolute atomic E-state index is 0.386. The van der Waals surface area contributed by atoms with E-state index in [-0.39, 0.29) is 0 Å². The lowest BCUT2D eigenvalue weighted by molar-refractivity contribution is 0.324. The van der Waals surface area contributed by atoms with Gasteiger partial charge in [-0.1, -0.05) is 11.6 Å². The molecule has 0 aliphatic carbocycles. The van der Waals surface area contributed by atoms with Crippen LogP contribution in [0.2, 0.25) is 5.15 Å². The Balaban J connectivity index is 2.20. The molecule has 0 fully saturated rings. The highest BCUT2D eigenvalue weighted by atomic mass is 35.5. The van der Waals surface area contributed by atoms with Crippen LogP contribution in [0.15, 0.2) is 24.5 Å². The molecule has 0 saturated carbocycles. The summed E-state index contributed by atoms with van der Waals surface area (Å²) in [7, 11) is 4.73. The highest BCUT2D eigenvalue weighted by molar-refractivity contribution is 6.29. The minimum Gasteiger partial charge on any atom is -0.493 e. The van der Waals surface area contributed by atoms with E-state index in [4.69, 9.17) is 25.8 Å². The number of anilines is 1. The zero-order valence-electron chi connectivity index (χ0n) is 12.0. The van der Waals surface area contributed by atoms with Crippen LogP contribution in [0.4, 0.5) is 5.82 Å². The van der Waals surface area contributed by atoms with Gasteiger partial charge < -0.3 is 19.5 Å². The molecule has 0 saturated heterocycles. The fraction of sp³-hybridized carbons (Fsp3) is 0.286. The third kappa shape index (κ3) is 3.66. The van der Waals surface area contributed by atoms with Crippen LogP contribution in [0, 0.1) is 0 Å². The van der Waals surface area contributed by atoms with Crippen molar-refractivity contribution in [2.75, 3.05) is 26.6 Å². The summed E-state index contributed by atoms with van der Waals surface area (Å²) < 4.78 is 15.9. The van der Waals surface area contributed by atoms with Gasteiger partial charge in [-0.3, -0.25) is 0 Å². The van der Waals surface area contributed by atoms with Crippen LogP contribution in [0.25, 0.3) is 0 Å². The summed E-state index contributed by atoms with van der Waals surface area (Å²) in [4.78, 5) is 7.91. The van der Waals surface area contributed by atoms with Gasteiger partial charge >= 0.3 is 0 Å². The van der Waals surface area contributed by atoms with Crippen molar-refractivity contribution in [3.63, 3.8) is 0 Å². The number of ether oxygens (including phenoxy) is 3. The lowest BCUT2D eigenvalue weighted by Gasteiger charge is -2.14. The minimum atomic E-state index is 0.386. The first-order chi connectivity index (χ1) is 10.2. The molecule has 1 aromatic carbocycles. The van der Waals surface area contributed by atoms with Gasteiger partial charge in [0.05, 0.1) is 21.3 Å². The molecule has 0 atom stereocenters. The van der Waals surface area contributed by atoms with Crippen LogP contribution in [0.5, 0.6) is 17.2 Å². The molecule has 0 amide bonds. The molecule has 0 aliphatic rings. The monoisotopic (exact) mass is 309 g/mol. The van der Waals surface area contributed by atoms with E-state index in [2.05, 4.69) is 15.3 Å². The smallest absolute Gasteiger partial charge is 0.203 e. The number of rotatable bonds is 6. The van der Waals surface area contributed by atoms with E-state index in [1.54, 1.807) is 27.4 Å². The van der Waals surface area contributed by atoms with Crippen molar-refractivity contribution in [1.82, 2.24) is 9.97 Å². The molecule has 112 valence electrons. The zero-order chi connectivity index (χ0) is 15.2. The van der Waals surface area contributed by atoms with E-state index < -0.39 is 0 Å². The van der Waals surface area contributed by atoms with Crippen LogP contribution < -0.4 is 19.5 Å². The van der Waals surface area contributed by atoms with E-state index in [0.717, 1.165) is 5.56 Å². The molecule has 1 heterocycles. The van der Waals surface area contributed by atoms with Crippen molar-refractivity contribution in [3.8, 4) is 17.2 Å². The summed E-state index contributed by atoms with van der Waals surface area (Å²) in [6, 6.07) is 5.40. The first-order valence-electron chi connectivity index (χ1n) is 6.18. The lowest BCUT2D eigenvalue weighted by atomic mass is 10.2. The second kappa shape index (κ2) is 6.99. The van der Waals surface area contributed by atoms with Gasteiger partial charge in [0.25, 0.3) is 0 Å². The van der Waals surface area contributed by atoms with Gasteiger partial charge in [-0.15, -0.1) is 0 Å². The van der Waals surface area contributed by atoms with Crippen molar-refractivity contribution in [3.05, 3.63) is 35.2 Å². The van der Waals surface area contributed by atoms with E-state index in [1.165, 1.54) is 6.33 Å². The number of aromatic nitrogens is 2. The van der Waals surface area contributed by atoms with Gasteiger partial charge in [-0.25, -0.2) is 9.97 Å². The number of nitrogens with zero attached hydrogens (tertiary/aromatic N) is 2. The lowest BCUT2D eigenvalue weighted by Crippen LogP contribution is -2.03. The molecule has 1 N–H and O–H groups in total. The van der Waals surface area contributed by atoms with Crippen LogP contribution in [-0.2, 0) is 6.54 Å². The topological polar surface area (TPSA) is 65.5 Å². The first-order valence-corrected chi connectivity index (χ1v) is 6.56. The fourth-order valence-corrected chi connectivity index (χ4v) is 2.01. The molecule has 7 heteroatoms. The number of benzene rings is 1. The maximum absolute atomic E-state index is 5.81. The molecule has 2 aromatic rings. The van der Waals surface area contributed by atoms with Crippen molar-refractivity contribution >= 4 is 17.4 Å². The molecular formula is C14H16ClN3O3. The van der Waals surface area contributed by atoms with Crippen molar-refractivity contribution in [1.29, 1.82) is 0 Å². The summed E-state index contributed by atoms with van der Waals surface area (Å²) in [6.45, 7) is 0.532. The van der Waals surface area contributed by atoms with Crippen molar-refractivity contribution < 1.29 is 14.2 Å². The third-order valence-corrected chi connectivity index (χ3v) is 3.04. The molecular weight excluding hydrogens is 294 g/mol. The SMILES string of the molecule is COc1cc(CNc2cc(Cl)ncn2)cc(OC)c1OC. The highest BCUT2D eigenvalue weighted by Gasteiger charge is 2.13. The average Bonchev–Trinajstić information content (AvgIpc) is 2.51. The van der Waals surface area contributed by atoms with Gasteiger partial charge in [-0.2, -0.15) is 0 Å². The summed E-state index contributed by atoms with van der Waals surface area (Å²) in [5, 5.41) is 3.54. The Hall–Kier alpha value is -2.21. The Morgan fingerprint density at radius 2 is 1.67 bits per heavy atom. The molecule has 0 radical (unpaired) electrons. The van der Waals surface area contributed by atoms with E-state index in [0.29, 0.717) is 34.8 Å². The first kappa shape index (κ1) is 15.2. The largest absolute Gasteiger partial charge is 0.493 e. The third-order valence-electron chi connectivity index (χ3n) is 2.83. The Morgan fingerprint density at radius 3 is 2.19 bits per heavy atom. The Labute approximate surface area is 128 Å². The van der Waals surface area contributed by atoms with Gasteiger partial charge in [0.1, 0.15) is 17.3 Å². The number of hydrogen-bond donors (Lipinski definition) is 1. The summed E-state index contributed by atoms with van der Waals surface area (Å²) in [5.41, 5.74) is 0.958. The van der Waals surface area contributed by atoms with Crippen LogP contribution in [0.1, 0.15) is 5.56 Å². The molecule has 2 rings (SSSR count). The molecule has 1 aromatic heterocycles. The molecule has 0 unspecified atom stereocenters. The van der Waals surface area contributed by atoms with Gasteiger partial charge in [0, 0.05) is 12.6 Å². The van der Waals surface area contributed by atoms with Crippen molar-refractivity contribution in [2.45, 2.75) is 6.54 Å². The second-order valence-electron chi connectivity index (χ2n) is 4.11. The molecule has 21 heavy (non-hydrogen) atoms. The van der Waals surface area contributed by atoms with Crippen molar-refractivity contribution in [2.24, 2.45) is 0 Å². The summed E-state index contributed by atoms with van der Waals surface area (Å²) in [6.07, 6.45) is 1.40. The predicted octanol–water partition coefficient (Wildman–Crippen LogP) is 2.77. The van der Waals surface area contributed by atoms with Gasteiger partial charge in [0.2, 0.25) is 5.75 Å². The quantitative estimate of drug-likeness (QED) is 0.828. The maximum Gasteiger partial charge on any atom is 0.203 e. The Kier molecular flexibility index (Phi) is 5.05. The van der Waals surface area contributed by atoms with E-state index in [1.807, 2.05) is 12.1 Å². The molecule has 0 aliphatic heterocycles. The predicted molar refractivity (Wildman–Crippen MR) is 80.5 cm³/mol. The normalized spacial score (nSPS) is 10.1. The number of methoxy groups -OCH3 is 3. The molecule has 0 spiro atoms. The van der Waals surface area contributed by atoms with Crippen LogP contribution >= 0.6 is 11.6 Å². The van der Waals surface area contributed by atoms with E-state index >= 15 is 0 Å². The summed E-state index contributed by atoms with van der Waals surface area (Å²) >= 11 is 5.81. The Morgan fingerprint density at radius 1 is 1.00 bits per heavy atom. The standard InChI is InChI=1S/C14H16ClN3O3/c1-19-10-4-9(5-11(20-2)14(10)21-3)7-16-13-6-12(15)17-8-18-13/h4-6,8H,7H2,1-3H3,(H,16,17,18). The number of nitrogens with one attached hydrogen (secondary N) is 1. The zero-order valence-corrected chi connectivity index (χ0v) is 12.8.